The number of imide groups is 2. The molecule has 684 valence electrons. The summed E-state index contributed by atoms with van der Waals surface area (Å²) in [7, 11) is 0. The maximum absolute atomic E-state index is 18.3. The minimum atomic E-state index is -3.76. The minimum absolute atomic E-state index is 0.159. The van der Waals surface area contributed by atoms with Gasteiger partial charge in [0.05, 0.1) is 0 Å². The Morgan fingerprint density at radius 1 is 0.395 bits per heavy atom. The number of hydrogen-bond acceptors (Lipinski definition) is 18. The molecule has 0 spiro atoms. The quantitative estimate of drug-likeness (QED) is 0.0163. The standard InChI is InChI=1S/C97H118N12O16P2S2/c1-58(83(98)111)103-92(120)96(8,9)107-87(115)62(5)101-89(117)81(56-126(128,66-37-19-13-20-38-66)67-39-21-14-22-40-67)108(94(122)124-54-78-74-49-31-27-45-70(74)71-46-28-32-50-75(71)78)91(119)82(57-127(129,68-41-23-15-24-42-68)69-43-25-16-26-44-69)109(95(123)125-55-79-76-51-33-29-47-72(76)73-48-30-34-52-77(73)79)90(118)63(6)102-84(112)59(2)100-88(116)80(53-65-35-17-12-18-36-65)105-85(113)60(3)104-93(121)97(10,11)106-86(114)61(4)99-64(7)110/h12,15-18,23-36,41-52,58-63,66-67,78-82H,13-14,19-22,37-40,53-57H2,1-11H3,(H2,98,111)(H,99,110)(H,100,116)(H,101,117)(H,102,112)(H,103,120)(H,104,121)(H,105,113)(H,106,114)(H,107,115)/t58-,59-,60-,61-,62-,63-,80-,81-,82-/m0/s1. The lowest BCUT2D eigenvalue weighted by Gasteiger charge is -2.45. The Labute approximate surface area is 763 Å². The third kappa shape index (κ3) is 23.5. The van der Waals surface area contributed by atoms with E-state index in [4.69, 9.17) is 38.8 Å². The van der Waals surface area contributed by atoms with E-state index in [9.17, 15) is 38.4 Å². The number of amides is 14. The first-order chi connectivity index (χ1) is 61.3. The number of nitrogens with one attached hydrogen (secondary N) is 9. The number of nitrogens with two attached hydrogens (primary N) is 1. The normalized spacial score (nSPS) is 16.1. The first kappa shape index (κ1) is 98.0. The molecule has 9 atom stereocenters. The summed E-state index contributed by atoms with van der Waals surface area (Å²) in [4.78, 5) is 211. The highest BCUT2D eigenvalue weighted by atomic mass is 32.4. The molecule has 28 nitrogen and oxygen atoms in total. The summed E-state index contributed by atoms with van der Waals surface area (Å²) in [5.41, 5.74) is 8.82. The van der Waals surface area contributed by atoms with Crippen molar-refractivity contribution in [2.45, 2.75) is 235 Å². The number of ether oxygens (including phenoxy) is 2. The number of rotatable bonds is 36. The smallest absolute Gasteiger partial charge is 0.417 e. The van der Waals surface area contributed by atoms with Crippen LogP contribution in [0.3, 0.4) is 0 Å². The highest BCUT2D eigenvalue weighted by Crippen LogP contribution is 2.64. The maximum Gasteiger partial charge on any atom is 0.417 e. The lowest BCUT2D eigenvalue weighted by molar-refractivity contribution is -0.147. The Balaban J connectivity index is 1.05. The van der Waals surface area contributed by atoms with E-state index < -0.39 is 192 Å². The zero-order valence-corrected chi connectivity index (χ0v) is 78.1. The van der Waals surface area contributed by atoms with Gasteiger partial charge in [-0.1, -0.05) is 250 Å². The third-order valence-corrected chi connectivity index (χ3v) is 36.4. The molecular weight excluding hydrogens is 1720 g/mol. The lowest BCUT2D eigenvalue weighted by Crippen LogP contribution is -2.65. The van der Waals surface area contributed by atoms with Crippen LogP contribution < -0.4 is 64.2 Å². The molecule has 4 aliphatic carbocycles. The van der Waals surface area contributed by atoms with Gasteiger partial charge in [0.25, 0.3) is 11.8 Å². The van der Waals surface area contributed by atoms with Gasteiger partial charge in [-0.15, -0.1) is 0 Å². The topological polar surface area (TPSA) is 398 Å². The van der Waals surface area contributed by atoms with Crippen molar-refractivity contribution in [1.29, 1.82) is 0 Å². The van der Waals surface area contributed by atoms with E-state index in [2.05, 4.69) is 47.9 Å². The van der Waals surface area contributed by atoms with Crippen LogP contribution >= 0.6 is 12.1 Å². The minimum Gasteiger partial charge on any atom is -0.448 e. The van der Waals surface area contributed by atoms with Gasteiger partial charge in [0, 0.05) is 43.5 Å². The average Bonchev–Trinajstić information content (AvgIpc) is 1.70. The molecule has 0 aromatic heterocycles. The van der Waals surface area contributed by atoms with Crippen molar-refractivity contribution in [3.63, 3.8) is 0 Å². The van der Waals surface area contributed by atoms with Gasteiger partial charge in [0.2, 0.25) is 59.1 Å². The highest BCUT2D eigenvalue weighted by molar-refractivity contribution is 8.22. The van der Waals surface area contributed by atoms with Crippen LogP contribution in [0.5, 0.6) is 0 Å². The van der Waals surface area contributed by atoms with Gasteiger partial charge in [-0.05, 0) is 173 Å². The van der Waals surface area contributed by atoms with Crippen molar-refractivity contribution >= 4 is 129 Å². The van der Waals surface area contributed by atoms with E-state index in [0.29, 0.717) is 51.7 Å². The van der Waals surface area contributed by atoms with Gasteiger partial charge >= 0.3 is 12.2 Å². The fourth-order valence-electron chi connectivity index (χ4n) is 17.6. The maximum atomic E-state index is 18.3. The predicted molar refractivity (Wildman–Crippen MR) is 503 cm³/mol. The van der Waals surface area contributed by atoms with Crippen molar-refractivity contribution in [1.82, 2.24) is 57.7 Å². The fraction of sp³-hybridized carbons (Fsp3) is 0.423. The number of carbonyl (C=O) groups excluding carboxylic acids is 14. The Hall–Kier alpha value is -11.6. The van der Waals surface area contributed by atoms with Crippen LogP contribution in [0, 0.1) is 0 Å². The number of nitrogens with zero attached hydrogens (tertiary/aromatic N) is 2. The molecule has 2 saturated carbocycles. The largest absolute Gasteiger partial charge is 0.448 e. The average molecular weight is 1830 g/mol. The van der Waals surface area contributed by atoms with E-state index in [0.717, 1.165) is 83.0 Å². The summed E-state index contributed by atoms with van der Waals surface area (Å²) in [5, 5.41) is 24.6. The fourth-order valence-corrected chi connectivity index (χ4v) is 27.8. The molecular formula is C97H118N12O16P2S2. The summed E-state index contributed by atoms with van der Waals surface area (Å²) < 4.78 is 13.3. The van der Waals surface area contributed by atoms with Crippen molar-refractivity contribution in [3.8, 4) is 22.3 Å². The van der Waals surface area contributed by atoms with E-state index in [1.54, 1.807) is 91.0 Å². The summed E-state index contributed by atoms with van der Waals surface area (Å²) in [6.45, 7) is 13.9. The number of primary amides is 1. The van der Waals surface area contributed by atoms with Crippen molar-refractivity contribution in [2.24, 2.45) is 5.73 Å². The van der Waals surface area contributed by atoms with Crippen molar-refractivity contribution in [3.05, 3.63) is 216 Å². The van der Waals surface area contributed by atoms with Crippen LogP contribution in [0.25, 0.3) is 22.3 Å². The molecule has 0 bridgehead atoms. The zero-order valence-electron chi connectivity index (χ0n) is 74.7. The van der Waals surface area contributed by atoms with E-state index in [-0.39, 0.29) is 23.9 Å². The number of carbonyl (C=O) groups is 14. The molecule has 11 rings (SSSR count). The number of benzene rings is 7. The van der Waals surface area contributed by atoms with Gasteiger partial charge in [0.1, 0.15) is 78.7 Å². The SMILES string of the molecule is CC(=O)N[C@@H](C)C(=O)NC(C)(C)C(=O)N[C@@H](C)C(=O)N[C@@H](Cc1ccccc1)C(=O)N[C@@H](C)C(=O)N[C@@H](C)C(=O)N(C(=O)OCC1c2ccccc2-c2ccccc21)[C@@H](CP(=S)(c1ccccc1)c1ccccc1)C(=O)N(C(=O)OCC1c2ccccc2-c2ccccc21)[C@@H](CP(=S)(C1CCCCC1)C1CCCCC1)C(=O)N[C@@H](C)C(=O)NC(C)(C)C(=O)N[C@@H](C)C(N)=O. The Kier molecular flexibility index (Phi) is 32.8. The lowest BCUT2D eigenvalue weighted by atomic mass is 9.98. The van der Waals surface area contributed by atoms with Crippen LogP contribution in [-0.2, 0) is 97.0 Å². The molecule has 7 aromatic rings. The van der Waals surface area contributed by atoms with Crippen LogP contribution in [0.4, 0.5) is 9.59 Å². The first-order valence-electron chi connectivity index (χ1n) is 44.1. The Bertz CT molecular complexity index is 5290. The first-order valence-corrected chi connectivity index (χ1v) is 50.2. The summed E-state index contributed by atoms with van der Waals surface area (Å²) in [5.74, 6) is -12.4. The Morgan fingerprint density at radius 3 is 1.16 bits per heavy atom. The van der Waals surface area contributed by atoms with Gasteiger partial charge in [-0.3, -0.25) is 57.5 Å². The molecule has 0 aliphatic heterocycles. The molecule has 4 aliphatic rings. The second-order valence-corrected chi connectivity index (χ2v) is 45.5. The number of fused-ring (bicyclic) bond motifs is 6. The van der Waals surface area contributed by atoms with Crippen molar-refractivity contribution in [2.75, 3.05) is 25.5 Å². The number of hydrogen-bond donors (Lipinski definition) is 10. The van der Waals surface area contributed by atoms with Gasteiger partial charge < -0.3 is 63.1 Å². The molecule has 2 fully saturated rings. The molecule has 7 aromatic carbocycles. The summed E-state index contributed by atoms with van der Waals surface area (Å²) in [6.07, 6.45) is 3.65. The van der Waals surface area contributed by atoms with E-state index >= 15 is 28.8 Å². The molecule has 11 N–H and O–H groups in total. The van der Waals surface area contributed by atoms with E-state index in [1.807, 2.05) is 97.1 Å². The van der Waals surface area contributed by atoms with Gasteiger partial charge in [0.15, 0.2) is 0 Å². The van der Waals surface area contributed by atoms with Crippen LogP contribution in [-0.4, -0.2) is 195 Å². The highest BCUT2D eigenvalue weighted by Gasteiger charge is 2.52. The summed E-state index contributed by atoms with van der Waals surface area (Å²) in [6, 6.07) is 35.0. The molecule has 32 heteroatoms. The third-order valence-electron chi connectivity index (χ3n) is 24.9. The molecule has 0 saturated heterocycles. The second-order valence-electron chi connectivity index (χ2n) is 35.2. The molecule has 0 unspecified atom stereocenters. The molecule has 129 heavy (non-hydrogen) atoms. The summed E-state index contributed by atoms with van der Waals surface area (Å²) >= 11 is 14.4. The van der Waals surface area contributed by atoms with Crippen molar-refractivity contribution < 1.29 is 76.6 Å². The van der Waals surface area contributed by atoms with Gasteiger partial charge in [-0.2, -0.15) is 0 Å². The van der Waals surface area contributed by atoms with Crippen LogP contribution in [0.15, 0.2) is 188 Å². The molecule has 0 radical (unpaired) electrons. The second kappa shape index (κ2) is 43.2. The molecule has 0 heterocycles. The van der Waals surface area contributed by atoms with Crippen LogP contribution in [0.1, 0.15) is 180 Å². The zero-order chi connectivity index (χ0) is 93.4. The monoisotopic (exact) mass is 1830 g/mol. The van der Waals surface area contributed by atoms with Crippen LogP contribution in [0.2, 0.25) is 0 Å². The predicted octanol–water partition coefficient (Wildman–Crippen LogP) is 9.60. The van der Waals surface area contributed by atoms with E-state index in [1.165, 1.54) is 76.2 Å². The van der Waals surface area contributed by atoms with Gasteiger partial charge in [-0.25, -0.2) is 19.4 Å². The molecule has 14 amide bonds. The Morgan fingerprint density at radius 2 is 0.744 bits per heavy atom.